The number of aromatic nitrogens is 1. The molecule has 0 bridgehead atoms. The van der Waals surface area contributed by atoms with Gasteiger partial charge in [0.1, 0.15) is 11.2 Å². The monoisotopic (exact) mass is 898 g/mol. The second-order valence-corrected chi connectivity index (χ2v) is 20.8. The molecule has 13 aromatic rings. The zero-order valence-corrected chi connectivity index (χ0v) is 39.3. The van der Waals surface area contributed by atoms with Crippen LogP contribution in [0.25, 0.3) is 114 Å². The first-order valence-electron chi connectivity index (χ1n) is 24.0. The summed E-state index contributed by atoms with van der Waals surface area (Å²) in [5.74, 6) is 0. The Morgan fingerprint density at radius 3 is 2.16 bits per heavy atom. The first kappa shape index (κ1) is 38.9. The van der Waals surface area contributed by atoms with Crippen molar-refractivity contribution in [2.75, 3.05) is 5.32 Å². The second-order valence-electron chi connectivity index (χ2n) is 19.7. The highest BCUT2D eigenvalue weighted by Crippen LogP contribution is 2.52. The van der Waals surface area contributed by atoms with Gasteiger partial charge >= 0.3 is 0 Å². The molecule has 10 aromatic carbocycles. The Bertz CT molecular complexity index is 4340. The lowest BCUT2D eigenvalue weighted by atomic mass is 9.58. The van der Waals surface area contributed by atoms with Gasteiger partial charge in [0.25, 0.3) is 0 Å². The molecule has 69 heavy (non-hydrogen) atoms. The van der Waals surface area contributed by atoms with Gasteiger partial charge in [0.05, 0.1) is 15.9 Å². The molecule has 0 atom stereocenters. The minimum absolute atomic E-state index is 0.154. The van der Waals surface area contributed by atoms with Crippen LogP contribution in [0.5, 0.6) is 0 Å². The van der Waals surface area contributed by atoms with Crippen molar-refractivity contribution in [2.45, 2.75) is 26.2 Å². The van der Waals surface area contributed by atoms with Crippen LogP contribution < -0.4 is 16.2 Å². The van der Waals surface area contributed by atoms with Gasteiger partial charge < -0.3 is 14.3 Å². The summed E-state index contributed by atoms with van der Waals surface area (Å²) in [7, 11) is 0.747. The van der Waals surface area contributed by atoms with Crippen molar-refractivity contribution in [1.82, 2.24) is 4.57 Å². The fraction of sp³-hybridized carbons (Fsp3) is 0.0625. The molecule has 0 saturated heterocycles. The molecule has 1 aliphatic heterocycles. The summed E-state index contributed by atoms with van der Waals surface area (Å²) in [4.78, 5) is 0. The normalized spacial score (nSPS) is 13.4. The van der Waals surface area contributed by atoms with Crippen molar-refractivity contribution in [3.63, 3.8) is 0 Å². The van der Waals surface area contributed by atoms with Crippen LogP contribution in [0, 0.1) is 6.92 Å². The molecule has 0 fully saturated rings. The Hall–Kier alpha value is -8.12. The van der Waals surface area contributed by atoms with Crippen molar-refractivity contribution in [3.8, 4) is 50.2 Å². The fourth-order valence-electron chi connectivity index (χ4n) is 12.1. The van der Waals surface area contributed by atoms with Crippen LogP contribution in [0.3, 0.4) is 0 Å². The predicted molar refractivity (Wildman–Crippen MR) is 296 cm³/mol. The summed E-state index contributed by atoms with van der Waals surface area (Å²) < 4.78 is 11.8. The number of para-hydroxylation sites is 1. The highest BCUT2D eigenvalue weighted by Gasteiger charge is 2.36. The lowest BCUT2D eigenvalue weighted by Gasteiger charge is -2.26. The number of fused-ring (bicyclic) bond motifs is 14. The van der Waals surface area contributed by atoms with E-state index >= 15 is 0 Å². The standard InChI is InChI=1S/C64H43BN2OS/c1-36-21-25-40(26-22-36)66-61-45(28-29-46-44-17-9-12-20-58(44)69-63(46)61)49-33-47(39-23-27-42-41-15-7-10-18-51(41)64(2,3)52(42)32-39)59-50-31-38(37-13-5-4-6-14-37)24-30-54(50)67-55-34-48-43-16-8-11-19-56(43)68-57(48)35-53(55)65-60(49)62(59)67/h4-35,65-66H,1-3H3. The number of hydrogen-bond acceptors (Lipinski definition) is 3. The highest BCUT2D eigenvalue weighted by molar-refractivity contribution is 7.26. The smallest absolute Gasteiger partial charge is 0.198 e. The topological polar surface area (TPSA) is 30.1 Å². The Labute approximate surface area is 404 Å². The lowest BCUT2D eigenvalue weighted by molar-refractivity contribution is 0.660. The summed E-state index contributed by atoms with van der Waals surface area (Å²) in [5.41, 5.74) is 24.1. The molecule has 1 aliphatic carbocycles. The van der Waals surface area contributed by atoms with E-state index in [0.29, 0.717) is 0 Å². The third kappa shape index (κ3) is 5.57. The molecule has 5 heteroatoms. The molecule has 15 rings (SSSR count). The quantitative estimate of drug-likeness (QED) is 0.174. The number of hydrogen-bond donors (Lipinski definition) is 1. The first-order chi connectivity index (χ1) is 33.9. The summed E-state index contributed by atoms with van der Waals surface area (Å²) >= 11 is 1.88. The summed E-state index contributed by atoms with van der Waals surface area (Å²) in [5, 5.41) is 11.4. The van der Waals surface area contributed by atoms with E-state index in [-0.39, 0.29) is 5.41 Å². The summed E-state index contributed by atoms with van der Waals surface area (Å²) in [6.07, 6.45) is 0. The number of nitrogens with one attached hydrogen (secondary N) is 1. The molecule has 324 valence electrons. The van der Waals surface area contributed by atoms with E-state index in [2.05, 4.69) is 225 Å². The molecule has 0 unspecified atom stereocenters. The Balaban J connectivity index is 1.10. The number of nitrogens with zero attached hydrogens (tertiary/aromatic N) is 1. The Morgan fingerprint density at radius 1 is 0.522 bits per heavy atom. The van der Waals surface area contributed by atoms with Crippen LogP contribution in [0.1, 0.15) is 30.5 Å². The average molecular weight is 899 g/mol. The molecule has 3 aromatic heterocycles. The van der Waals surface area contributed by atoms with E-state index in [1.807, 2.05) is 11.3 Å². The van der Waals surface area contributed by atoms with E-state index in [1.54, 1.807) is 0 Å². The molecule has 0 amide bonds. The average Bonchev–Trinajstić information content (AvgIpc) is 4.12. The predicted octanol–water partition coefficient (Wildman–Crippen LogP) is 16.1. The minimum Gasteiger partial charge on any atom is -0.456 e. The third-order valence-corrected chi connectivity index (χ3v) is 16.7. The molecule has 0 saturated carbocycles. The van der Waals surface area contributed by atoms with Gasteiger partial charge in [-0.25, -0.2) is 0 Å². The molecule has 4 heterocycles. The molecule has 0 spiro atoms. The second kappa shape index (κ2) is 14.2. The van der Waals surface area contributed by atoms with Gasteiger partial charge in [0.2, 0.25) is 0 Å². The van der Waals surface area contributed by atoms with Crippen molar-refractivity contribution < 1.29 is 4.42 Å². The van der Waals surface area contributed by atoms with Crippen molar-refractivity contribution in [3.05, 3.63) is 211 Å². The maximum absolute atomic E-state index is 6.63. The van der Waals surface area contributed by atoms with Crippen LogP contribution in [-0.2, 0) is 5.41 Å². The SMILES string of the molecule is Cc1ccc(Nc2c(-c3cc(-c4ccc5c(c4)C(C)(C)c4ccccc4-5)c4c5cc(-c6ccccc6)ccc5n5c4c3Bc3cc4oc6ccccc6c4cc3-5)ccc3c2sc2ccccc23)cc1. The van der Waals surface area contributed by atoms with Gasteiger partial charge in [-0.2, -0.15) is 0 Å². The van der Waals surface area contributed by atoms with Crippen molar-refractivity contribution >= 4 is 105 Å². The van der Waals surface area contributed by atoms with Gasteiger partial charge in [-0.05, 0) is 123 Å². The van der Waals surface area contributed by atoms with Crippen LogP contribution >= 0.6 is 11.3 Å². The van der Waals surface area contributed by atoms with Crippen LogP contribution in [0.15, 0.2) is 199 Å². The fourth-order valence-corrected chi connectivity index (χ4v) is 13.3. The molecule has 0 radical (unpaired) electrons. The maximum atomic E-state index is 6.63. The maximum Gasteiger partial charge on any atom is 0.198 e. The molecule has 2 aliphatic rings. The lowest BCUT2D eigenvalue weighted by Crippen LogP contribution is -2.37. The summed E-state index contributed by atoms with van der Waals surface area (Å²) in [6.45, 7) is 6.94. The third-order valence-electron chi connectivity index (χ3n) is 15.5. The van der Waals surface area contributed by atoms with Gasteiger partial charge in [-0.1, -0.05) is 158 Å². The number of anilines is 2. The number of aryl methyl sites for hydroxylation is 1. The zero-order chi connectivity index (χ0) is 45.7. The van der Waals surface area contributed by atoms with Gasteiger partial charge in [0, 0.05) is 64.9 Å². The molecule has 1 N–H and O–H groups in total. The number of thiophene rings is 1. The highest BCUT2D eigenvalue weighted by atomic mass is 32.1. The van der Waals surface area contributed by atoms with Crippen molar-refractivity contribution in [1.29, 1.82) is 0 Å². The van der Waals surface area contributed by atoms with E-state index in [1.165, 1.54) is 120 Å². The van der Waals surface area contributed by atoms with Gasteiger partial charge in [-0.15, -0.1) is 11.3 Å². The van der Waals surface area contributed by atoms with E-state index < -0.39 is 0 Å². The first-order valence-corrected chi connectivity index (χ1v) is 24.8. The van der Waals surface area contributed by atoms with Crippen LogP contribution in [-0.4, -0.2) is 11.8 Å². The number of rotatable bonds is 5. The Kier molecular flexibility index (Phi) is 8.02. The number of furan rings is 1. The molecular weight excluding hydrogens is 856 g/mol. The van der Waals surface area contributed by atoms with Gasteiger partial charge in [0.15, 0.2) is 7.28 Å². The van der Waals surface area contributed by atoms with Gasteiger partial charge in [-0.3, -0.25) is 0 Å². The van der Waals surface area contributed by atoms with E-state index in [0.717, 1.165) is 40.6 Å². The Morgan fingerprint density at radius 2 is 1.28 bits per heavy atom. The van der Waals surface area contributed by atoms with Crippen LogP contribution in [0.2, 0.25) is 0 Å². The van der Waals surface area contributed by atoms with E-state index in [9.17, 15) is 0 Å². The van der Waals surface area contributed by atoms with Crippen LogP contribution in [0.4, 0.5) is 11.4 Å². The molecular formula is C64H43BN2OS. The largest absolute Gasteiger partial charge is 0.456 e. The molecule has 3 nitrogen and oxygen atoms in total. The summed E-state index contributed by atoms with van der Waals surface area (Å²) in [6, 6.07) is 72.4. The minimum atomic E-state index is -0.154. The zero-order valence-electron chi connectivity index (χ0n) is 38.4. The number of benzene rings is 10. The van der Waals surface area contributed by atoms with Crippen molar-refractivity contribution in [2.24, 2.45) is 0 Å². The van der Waals surface area contributed by atoms with E-state index in [4.69, 9.17) is 4.42 Å².